The smallest absolute Gasteiger partial charge is 0.223 e. The van der Waals surface area contributed by atoms with Crippen LogP contribution in [0.3, 0.4) is 0 Å². The first-order chi connectivity index (χ1) is 8.63. The topological polar surface area (TPSA) is 56.7 Å². The van der Waals surface area contributed by atoms with E-state index in [0.717, 1.165) is 12.1 Å². The average molecular weight is 250 g/mol. The van der Waals surface area contributed by atoms with Gasteiger partial charge in [0, 0.05) is 19.1 Å². The second-order valence-corrected chi connectivity index (χ2v) is 3.86. The average Bonchev–Trinajstić information content (AvgIpc) is 2.89. The van der Waals surface area contributed by atoms with Gasteiger partial charge in [-0.15, -0.1) is 0 Å². The lowest BCUT2D eigenvalue weighted by Gasteiger charge is -2.00. The van der Waals surface area contributed by atoms with Crippen LogP contribution in [0, 0.1) is 18.6 Å². The van der Waals surface area contributed by atoms with Gasteiger partial charge in [-0.2, -0.15) is 4.98 Å². The fourth-order valence-corrected chi connectivity index (χ4v) is 1.74. The predicted molar refractivity (Wildman–Crippen MR) is 57.8 cm³/mol. The van der Waals surface area contributed by atoms with Crippen LogP contribution in [0.5, 0.6) is 0 Å². The van der Waals surface area contributed by atoms with Crippen LogP contribution in [0.2, 0.25) is 0 Å². The van der Waals surface area contributed by atoms with Gasteiger partial charge in [0.1, 0.15) is 0 Å². The van der Waals surface area contributed by atoms with E-state index in [0.29, 0.717) is 29.3 Å². The minimum Gasteiger partial charge on any atom is -0.340 e. The fourth-order valence-electron chi connectivity index (χ4n) is 1.74. The van der Waals surface area contributed by atoms with Gasteiger partial charge in [0.2, 0.25) is 5.89 Å². The van der Waals surface area contributed by atoms with Crippen molar-refractivity contribution in [1.82, 2.24) is 19.7 Å². The number of nitrogens with zero attached hydrogens (tertiary/aromatic N) is 4. The lowest BCUT2D eigenvalue weighted by Crippen LogP contribution is -2.00. The molecule has 92 valence electrons. The van der Waals surface area contributed by atoms with Crippen LogP contribution >= 0.6 is 0 Å². The fraction of sp³-hybridized carbons (Fsp3) is 0.182. The highest BCUT2D eigenvalue weighted by Crippen LogP contribution is 2.18. The molecule has 18 heavy (non-hydrogen) atoms. The molecule has 3 aromatic rings. The molecule has 2 aromatic heterocycles. The van der Waals surface area contributed by atoms with Gasteiger partial charge in [0.05, 0.1) is 23.9 Å². The molecule has 0 fully saturated rings. The molecule has 0 spiro atoms. The lowest BCUT2D eigenvalue weighted by molar-refractivity contribution is 0.386. The molecule has 0 aliphatic heterocycles. The van der Waals surface area contributed by atoms with Crippen LogP contribution in [-0.2, 0) is 6.54 Å². The second-order valence-electron chi connectivity index (χ2n) is 3.86. The van der Waals surface area contributed by atoms with E-state index in [9.17, 15) is 8.78 Å². The van der Waals surface area contributed by atoms with Crippen LogP contribution in [0.4, 0.5) is 8.78 Å². The highest BCUT2D eigenvalue weighted by molar-refractivity contribution is 5.75. The van der Waals surface area contributed by atoms with Gasteiger partial charge in [-0.3, -0.25) is 0 Å². The SMILES string of the molecule is Cc1nc(Cn2cnc3cc(F)c(F)cc32)no1. The molecular formula is C11H8F2N4O. The maximum atomic E-state index is 13.2. The van der Waals surface area contributed by atoms with Crippen molar-refractivity contribution in [3.63, 3.8) is 0 Å². The molecule has 0 radical (unpaired) electrons. The molecule has 2 heterocycles. The maximum Gasteiger partial charge on any atom is 0.223 e. The molecule has 0 N–H and O–H groups in total. The normalized spacial score (nSPS) is 11.3. The molecular weight excluding hydrogens is 242 g/mol. The Kier molecular flexibility index (Phi) is 2.32. The summed E-state index contributed by atoms with van der Waals surface area (Å²) in [5, 5.41) is 3.73. The monoisotopic (exact) mass is 250 g/mol. The summed E-state index contributed by atoms with van der Waals surface area (Å²) in [6.07, 6.45) is 1.48. The van der Waals surface area contributed by atoms with Crippen molar-refractivity contribution < 1.29 is 13.3 Å². The Morgan fingerprint density at radius 2 is 2.06 bits per heavy atom. The number of fused-ring (bicyclic) bond motifs is 1. The molecule has 0 amide bonds. The van der Waals surface area contributed by atoms with Gasteiger partial charge in [-0.1, -0.05) is 5.16 Å². The minimum absolute atomic E-state index is 0.291. The van der Waals surface area contributed by atoms with E-state index in [4.69, 9.17) is 4.52 Å². The Bertz CT molecular complexity index is 719. The van der Waals surface area contributed by atoms with Gasteiger partial charge >= 0.3 is 0 Å². The Morgan fingerprint density at radius 3 is 2.78 bits per heavy atom. The Hall–Kier alpha value is -2.31. The summed E-state index contributed by atoms with van der Waals surface area (Å²) in [6, 6.07) is 2.16. The first kappa shape index (κ1) is 10.8. The zero-order valence-corrected chi connectivity index (χ0v) is 9.39. The van der Waals surface area contributed by atoms with Crippen molar-refractivity contribution >= 4 is 11.0 Å². The number of benzene rings is 1. The van der Waals surface area contributed by atoms with E-state index >= 15 is 0 Å². The molecule has 7 heteroatoms. The largest absolute Gasteiger partial charge is 0.340 e. The van der Waals surface area contributed by atoms with Crippen molar-refractivity contribution in [2.24, 2.45) is 0 Å². The molecule has 3 rings (SSSR count). The summed E-state index contributed by atoms with van der Waals surface area (Å²) in [5.74, 6) is -0.917. The summed E-state index contributed by atoms with van der Waals surface area (Å²) in [7, 11) is 0. The van der Waals surface area contributed by atoms with E-state index in [1.807, 2.05) is 0 Å². The number of aryl methyl sites for hydroxylation is 1. The number of halogens is 2. The van der Waals surface area contributed by atoms with Crippen LogP contribution < -0.4 is 0 Å². The third kappa shape index (κ3) is 1.73. The van der Waals surface area contributed by atoms with Gasteiger partial charge in [-0.05, 0) is 0 Å². The summed E-state index contributed by atoms with van der Waals surface area (Å²) in [4.78, 5) is 8.03. The van der Waals surface area contributed by atoms with Gasteiger partial charge in [-0.25, -0.2) is 13.8 Å². The zero-order valence-electron chi connectivity index (χ0n) is 9.39. The molecule has 0 aliphatic carbocycles. The highest BCUT2D eigenvalue weighted by Gasteiger charge is 2.11. The molecule has 0 atom stereocenters. The predicted octanol–water partition coefficient (Wildman–Crippen LogP) is 2.05. The zero-order chi connectivity index (χ0) is 12.7. The molecule has 0 saturated carbocycles. The third-order valence-electron chi connectivity index (χ3n) is 2.54. The van der Waals surface area contributed by atoms with Gasteiger partial charge in [0.15, 0.2) is 17.5 Å². The summed E-state index contributed by atoms with van der Waals surface area (Å²) >= 11 is 0. The lowest BCUT2D eigenvalue weighted by atomic mass is 10.3. The number of hydrogen-bond acceptors (Lipinski definition) is 4. The quantitative estimate of drug-likeness (QED) is 0.698. The Morgan fingerprint density at radius 1 is 1.28 bits per heavy atom. The number of rotatable bonds is 2. The van der Waals surface area contributed by atoms with Crippen LogP contribution in [-0.4, -0.2) is 19.7 Å². The molecule has 5 nitrogen and oxygen atoms in total. The summed E-state index contributed by atoms with van der Waals surface area (Å²) in [6.45, 7) is 1.97. The molecule has 0 bridgehead atoms. The standard InChI is InChI=1S/C11H8F2N4O/c1-6-15-11(16-18-6)4-17-5-14-9-2-7(12)8(13)3-10(9)17/h2-3,5H,4H2,1H3. The molecule has 0 aliphatic rings. The van der Waals surface area contributed by atoms with Crippen LogP contribution in [0.25, 0.3) is 11.0 Å². The van der Waals surface area contributed by atoms with Crippen molar-refractivity contribution in [3.8, 4) is 0 Å². The van der Waals surface area contributed by atoms with E-state index in [1.165, 1.54) is 6.33 Å². The van der Waals surface area contributed by atoms with Gasteiger partial charge in [0.25, 0.3) is 0 Å². The van der Waals surface area contributed by atoms with Crippen molar-refractivity contribution in [2.75, 3.05) is 0 Å². The van der Waals surface area contributed by atoms with Gasteiger partial charge < -0.3 is 9.09 Å². The first-order valence-corrected chi connectivity index (χ1v) is 5.22. The minimum atomic E-state index is -0.914. The van der Waals surface area contributed by atoms with Crippen LogP contribution in [0.1, 0.15) is 11.7 Å². The number of aromatic nitrogens is 4. The molecule has 0 unspecified atom stereocenters. The van der Waals surface area contributed by atoms with Crippen molar-refractivity contribution in [2.45, 2.75) is 13.5 Å². The van der Waals surface area contributed by atoms with Crippen molar-refractivity contribution in [1.29, 1.82) is 0 Å². The highest BCUT2D eigenvalue weighted by atomic mass is 19.2. The molecule has 0 saturated heterocycles. The summed E-state index contributed by atoms with van der Waals surface area (Å²) in [5.41, 5.74) is 0.866. The summed E-state index contributed by atoms with van der Waals surface area (Å²) < 4.78 is 32.7. The Balaban J connectivity index is 2.04. The van der Waals surface area contributed by atoms with E-state index in [2.05, 4.69) is 15.1 Å². The molecule has 1 aromatic carbocycles. The van der Waals surface area contributed by atoms with Crippen molar-refractivity contribution in [3.05, 3.63) is 41.8 Å². The third-order valence-corrected chi connectivity index (χ3v) is 2.54. The first-order valence-electron chi connectivity index (χ1n) is 5.22. The van der Waals surface area contributed by atoms with E-state index < -0.39 is 11.6 Å². The van der Waals surface area contributed by atoms with Crippen LogP contribution in [0.15, 0.2) is 23.0 Å². The maximum absolute atomic E-state index is 13.2. The van der Waals surface area contributed by atoms with E-state index in [1.54, 1.807) is 11.5 Å². The Labute approximate surface area is 100 Å². The second kappa shape index (κ2) is 3.86. The van der Waals surface area contributed by atoms with E-state index in [-0.39, 0.29) is 0 Å². The number of hydrogen-bond donors (Lipinski definition) is 0. The number of imidazole rings is 1.